The smallest absolute Gasteiger partial charge is 0.233 e. The van der Waals surface area contributed by atoms with E-state index in [2.05, 4.69) is 5.32 Å². The SMILES string of the molecule is CC(Sc1cccc(C=O)c1)C(=O)NC1CC1. The lowest BCUT2D eigenvalue weighted by Gasteiger charge is -2.11. The van der Waals surface area contributed by atoms with Gasteiger partial charge < -0.3 is 5.32 Å². The third-order valence-electron chi connectivity index (χ3n) is 2.60. The van der Waals surface area contributed by atoms with E-state index in [9.17, 15) is 9.59 Å². The zero-order valence-corrected chi connectivity index (χ0v) is 10.5. The van der Waals surface area contributed by atoms with Crippen molar-refractivity contribution in [2.24, 2.45) is 0 Å². The van der Waals surface area contributed by atoms with E-state index in [0.717, 1.165) is 24.0 Å². The van der Waals surface area contributed by atoms with Gasteiger partial charge in [0.05, 0.1) is 5.25 Å². The van der Waals surface area contributed by atoms with Crippen molar-refractivity contribution in [1.82, 2.24) is 5.32 Å². The van der Waals surface area contributed by atoms with Gasteiger partial charge in [0, 0.05) is 16.5 Å². The van der Waals surface area contributed by atoms with E-state index in [4.69, 9.17) is 0 Å². The summed E-state index contributed by atoms with van der Waals surface area (Å²) in [5.41, 5.74) is 0.643. The Hall–Kier alpha value is -1.29. The average Bonchev–Trinajstić information content (AvgIpc) is 3.13. The van der Waals surface area contributed by atoms with Crippen molar-refractivity contribution in [3.63, 3.8) is 0 Å². The quantitative estimate of drug-likeness (QED) is 0.643. The standard InChI is InChI=1S/C13H15NO2S/c1-9(13(16)14-11-5-6-11)17-12-4-2-3-10(7-12)8-15/h2-4,7-9,11H,5-6H2,1H3,(H,14,16). The molecule has 0 saturated heterocycles. The highest BCUT2D eigenvalue weighted by molar-refractivity contribution is 8.00. The lowest BCUT2D eigenvalue weighted by molar-refractivity contribution is -0.120. The third kappa shape index (κ3) is 3.60. The molecule has 1 aliphatic rings. The molecule has 2 rings (SSSR count). The van der Waals surface area contributed by atoms with Gasteiger partial charge in [0.15, 0.2) is 0 Å². The minimum absolute atomic E-state index is 0.0778. The molecule has 17 heavy (non-hydrogen) atoms. The van der Waals surface area contributed by atoms with Gasteiger partial charge in [-0.2, -0.15) is 0 Å². The Labute approximate surface area is 105 Å². The summed E-state index contributed by atoms with van der Waals surface area (Å²) in [5, 5.41) is 2.85. The molecule has 1 amide bonds. The second-order valence-electron chi connectivity index (χ2n) is 4.23. The molecule has 0 aromatic heterocycles. The highest BCUT2D eigenvalue weighted by Gasteiger charge is 2.25. The second kappa shape index (κ2) is 5.36. The molecule has 4 heteroatoms. The third-order valence-corrected chi connectivity index (χ3v) is 3.69. The van der Waals surface area contributed by atoms with Crippen LogP contribution in [0.2, 0.25) is 0 Å². The minimum Gasteiger partial charge on any atom is -0.352 e. The number of hydrogen-bond acceptors (Lipinski definition) is 3. The molecular formula is C13H15NO2S. The molecular weight excluding hydrogens is 234 g/mol. The number of carbonyl (C=O) groups excluding carboxylic acids is 2. The highest BCUT2D eigenvalue weighted by atomic mass is 32.2. The molecule has 0 heterocycles. The summed E-state index contributed by atoms with van der Waals surface area (Å²) in [4.78, 5) is 23.3. The predicted molar refractivity (Wildman–Crippen MR) is 68.3 cm³/mol. The molecule has 1 aliphatic carbocycles. The van der Waals surface area contributed by atoms with Crippen LogP contribution < -0.4 is 5.32 Å². The highest BCUT2D eigenvalue weighted by Crippen LogP contribution is 2.25. The zero-order chi connectivity index (χ0) is 12.3. The van der Waals surface area contributed by atoms with Crippen LogP contribution in [0.25, 0.3) is 0 Å². The van der Waals surface area contributed by atoms with E-state index in [1.807, 2.05) is 19.1 Å². The van der Waals surface area contributed by atoms with Gasteiger partial charge in [-0.15, -0.1) is 11.8 Å². The van der Waals surface area contributed by atoms with Gasteiger partial charge >= 0.3 is 0 Å². The minimum atomic E-state index is -0.127. The number of carbonyl (C=O) groups is 2. The molecule has 90 valence electrons. The lowest BCUT2D eigenvalue weighted by atomic mass is 10.2. The van der Waals surface area contributed by atoms with E-state index in [1.54, 1.807) is 12.1 Å². The number of amides is 1. The van der Waals surface area contributed by atoms with Crippen molar-refractivity contribution in [2.45, 2.75) is 36.0 Å². The van der Waals surface area contributed by atoms with Crippen LogP contribution >= 0.6 is 11.8 Å². The van der Waals surface area contributed by atoms with E-state index in [1.165, 1.54) is 11.8 Å². The van der Waals surface area contributed by atoms with Crippen LogP contribution in [0.5, 0.6) is 0 Å². The summed E-state index contributed by atoms with van der Waals surface area (Å²) < 4.78 is 0. The van der Waals surface area contributed by atoms with Gasteiger partial charge in [-0.05, 0) is 31.9 Å². The molecule has 1 unspecified atom stereocenters. The van der Waals surface area contributed by atoms with Gasteiger partial charge in [-0.3, -0.25) is 9.59 Å². The molecule has 0 bridgehead atoms. The van der Waals surface area contributed by atoms with Crippen LogP contribution in [-0.2, 0) is 4.79 Å². The van der Waals surface area contributed by atoms with Crippen LogP contribution in [-0.4, -0.2) is 23.5 Å². The Balaban J connectivity index is 1.93. The molecule has 1 atom stereocenters. The van der Waals surface area contributed by atoms with Crippen LogP contribution in [0.15, 0.2) is 29.2 Å². The first kappa shape index (κ1) is 12.2. The Morgan fingerprint density at radius 3 is 2.94 bits per heavy atom. The Morgan fingerprint density at radius 1 is 1.53 bits per heavy atom. The zero-order valence-electron chi connectivity index (χ0n) is 9.68. The maximum atomic E-state index is 11.8. The number of hydrogen-bond donors (Lipinski definition) is 1. The van der Waals surface area contributed by atoms with E-state index in [-0.39, 0.29) is 11.2 Å². The van der Waals surface area contributed by atoms with Crippen LogP contribution in [0.1, 0.15) is 30.1 Å². The van der Waals surface area contributed by atoms with Crippen LogP contribution in [0, 0.1) is 0 Å². The first-order valence-electron chi connectivity index (χ1n) is 5.71. The van der Waals surface area contributed by atoms with Gasteiger partial charge in [0.2, 0.25) is 5.91 Å². The Kier molecular flexibility index (Phi) is 3.84. The van der Waals surface area contributed by atoms with Gasteiger partial charge in [0.25, 0.3) is 0 Å². The molecule has 1 aromatic carbocycles. The summed E-state index contributed by atoms with van der Waals surface area (Å²) in [6.45, 7) is 1.88. The number of nitrogens with one attached hydrogen (secondary N) is 1. The summed E-state index contributed by atoms with van der Waals surface area (Å²) in [5.74, 6) is 0.0778. The number of rotatable bonds is 5. The van der Waals surface area contributed by atoms with Crippen molar-refractivity contribution >= 4 is 24.0 Å². The Morgan fingerprint density at radius 2 is 2.29 bits per heavy atom. The first-order chi connectivity index (χ1) is 8.19. The molecule has 1 saturated carbocycles. The van der Waals surface area contributed by atoms with Gasteiger partial charge in [0.1, 0.15) is 6.29 Å². The molecule has 1 fully saturated rings. The number of aldehydes is 1. The monoisotopic (exact) mass is 249 g/mol. The number of benzene rings is 1. The predicted octanol–water partition coefficient (Wildman–Crippen LogP) is 2.26. The second-order valence-corrected chi connectivity index (χ2v) is 5.65. The van der Waals surface area contributed by atoms with Gasteiger partial charge in [-0.1, -0.05) is 12.1 Å². The van der Waals surface area contributed by atoms with Crippen LogP contribution in [0.4, 0.5) is 0 Å². The van der Waals surface area contributed by atoms with Crippen molar-refractivity contribution in [3.05, 3.63) is 29.8 Å². The van der Waals surface area contributed by atoms with Crippen LogP contribution in [0.3, 0.4) is 0 Å². The summed E-state index contributed by atoms with van der Waals surface area (Å²) in [6.07, 6.45) is 3.02. The average molecular weight is 249 g/mol. The molecule has 0 aliphatic heterocycles. The fraction of sp³-hybridized carbons (Fsp3) is 0.385. The van der Waals surface area contributed by atoms with Gasteiger partial charge in [-0.25, -0.2) is 0 Å². The summed E-state index contributed by atoms with van der Waals surface area (Å²) >= 11 is 1.48. The maximum Gasteiger partial charge on any atom is 0.233 e. The molecule has 0 radical (unpaired) electrons. The largest absolute Gasteiger partial charge is 0.352 e. The number of thioether (sulfide) groups is 1. The van der Waals surface area contributed by atoms with Crippen molar-refractivity contribution < 1.29 is 9.59 Å². The summed E-state index contributed by atoms with van der Waals surface area (Å²) in [7, 11) is 0. The molecule has 0 spiro atoms. The van der Waals surface area contributed by atoms with Crippen molar-refractivity contribution in [3.8, 4) is 0 Å². The molecule has 3 nitrogen and oxygen atoms in total. The first-order valence-corrected chi connectivity index (χ1v) is 6.59. The van der Waals surface area contributed by atoms with Crippen molar-refractivity contribution in [2.75, 3.05) is 0 Å². The Bertz CT molecular complexity index is 429. The molecule has 1 N–H and O–H groups in total. The summed E-state index contributed by atoms with van der Waals surface area (Å²) in [6, 6.07) is 7.70. The fourth-order valence-electron chi connectivity index (χ4n) is 1.47. The van der Waals surface area contributed by atoms with Crippen molar-refractivity contribution in [1.29, 1.82) is 0 Å². The van der Waals surface area contributed by atoms with E-state index >= 15 is 0 Å². The van der Waals surface area contributed by atoms with E-state index in [0.29, 0.717) is 11.6 Å². The molecule has 1 aromatic rings. The lowest BCUT2D eigenvalue weighted by Crippen LogP contribution is -2.32. The maximum absolute atomic E-state index is 11.8. The fourth-order valence-corrected chi connectivity index (χ4v) is 2.41. The van der Waals surface area contributed by atoms with E-state index < -0.39 is 0 Å². The topological polar surface area (TPSA) is 46.2 Å². The normalized spacial score (nSPS) is 16.3.